The average Bonchev–Trinajstić information content (AvgIpc) is 3.01. The van der Waals surface area contributed by atoms with Crippen molar-refractivity contribution in [3.8, 4) is 0 Å². The van der Waals surface area contributed by atoms with E-state index in [9.17, 15) is 10.0 Å². The molecule has 0 radical (unpaired) electrons. The second-order valence-corrected chi connectivity index (χ2v) is 7.05. The number of ether oxygens (including phenoxy) is 1. The number of urea groups is 1. The molecule has 1 fully saturated rings. The number of unbranched alkanes of at least 4 members (excludes halogenated alkanes) is 3. The Morgan fingerprint density at radius 2 is 1.82 bits per heavy atom. The van der Waals surface area contributed by atoms with Crippen molar-refractivity contribution in [3.05, 3.63) is 65.2 Å². The van der Waals surface area contributed by atoms with Crippen LogP contribution in [0.3, 0.4) is 0 Å². The second-order valence-electron chi connectivity index (χ2n) is 6.61. The maximum Gasteiger partial charge on any atom is 0.330 e. The summed E-state index contributed by atoms with van der Waals surface area (Å²) in [5.74, 6) is 0.0362. The lowest BCUT2D eigenvalue weighted by molar-refractivity contribution is 0.00746. The van der Waals surface area contributed by atoms with E-state index in [0.717, 1.165) is 25.7 Å². The van der Waals surface area contributed by atoms with E-state index >= 15 is 0 Å². The van der Waals surface area contributed by atoms with Crippen LogP contribution in [0.4, 0.5) is 10.5 Å². The predicted octanol–water partition coefficient (Wildman–Crippen LogP) is 5.11. The van der Waals surface area contributed by atoms with Crippen LogP contribution in [0.2, 0.25) is 5.02 Å². The largest absolute Gasteiger partial charge is 0.409 e. The molecule has 0 bridgehead atoms. The van der Waals surface area contributed by atoms with Gasteiger partial charge in [-0.05, 0) is 30.7 Å². The summed E-state index contributed by atoms with van der Waals surface area (Å²) in [4.78, 5) is 14.3. The smallest absolute Gasteiger partial charge is 0.330 e. The molecule has 2 N–H and O–H groups in total. The second kappa shape index (κ2) is 9.08. The van der Waals surface area contributed by atoms with Crippen molar-refractivity contribution in [3.63, 3.8) is 0 Å². The fraction of sp³-hybridized carbons (Fsp3) is 0.333. The highest BCUT2D eigenvalue weighted by Gasteiger charge is 2.55. The first-order valence-corrected chi connectivity index (χ1v) is 9.80. The molecule has 1 heterocycles. The van der Waals surface area contributed by atoms with E-state index in [2.05, 4.69) is 17.4 Å². The van der Waals surface area contributed by atoms with Gasteiger partial charge in [0, 0.05) is 16.3 Å². The van der Waals surface area contributed by atoms with Gasteiger partial charge in [0.1, 0.15) is 0 Å². The summed E-state index contributed by atoms with van der Waals surface area (Å²) in [6.07, 6.45) is 4.09. The Hall–Kier alpha value is -2.57. The number of benzene rings is 2. The number of anilines is 1. The number of carbonyl (C=O) groups is 1. The molecule has 7 heteroatoms. The molecule has 1 aliphatic heterocycles. The van der Waals surface area contributed by atoms with Crippen LogP contribution in [0.25, 0.3) is 0 Å². The Morgan fingerprint density at radius 3 is 2.46 bits per heavy atom. The van der Waals surface area contributed by atoms with Gasteiger partial charge in [-0.2, -0.15) is 0 Å². The lowest BCUT2D eigenvalue weighted by Gasteiger charge is -2.36. The molecule has 1 saturated heterocycles. The number of amides is 2. The molecule has 0 aromatic heterocycles. The van der Waals surface area contributed by atoms with Crippen LogP contribution >= 0.6 is 11.6 Å². The molecule has 0 spiro atoms. The molecular formula is C21H24ClN3O3. The summed E-state index contributed by atoms with van der Waals surface area (Å²) in [6.45, 7) is 2.55. The normalized spacial score (nSPS) is 20.6. The number of amidine groups is 1. The summed E-state index contributed by atoms with van der Waals surface area (Å²) in [5.41, 5.74) is -0.114. The summed E-state index contributed by atoms with van der Waals surface area (Å²) in [6, 6.07) is 15.7. The summed E-state index contributed by atoms with van der Waals surface area (Å²) in [5, 5.41) is 16.2. The van der Waals surface area contributed by atoms with Gasteiger partial charge in [-0.15, -0.1) is 0 Å². The molecule has 2 amide bonds. The molecule has 3 rings (SSSR count). The maximum atomic E-state index is 12.9. The quantitative estimate of drug-likeness (QED) is 0.367. The van der Waals surface area contributed by atoms with Gasteiger partial charge in [0.05, 0.1) is 6.61 Å². The molecule has 148 valence electrons. The lowest BCUT2D eigenvalue weighted by Crippen LogP contribution is -2.50. The topological polar surface area (TPSA) is 74.2 Å². The Kier molecular flexibility index (Phi) is 6.54. The predicted molar refractivity (Wildman–Crippen MR) is 110 cm³/mol. The van der Waals surface area contributed by atoms with Crippen LogP contribution in [0, 0.1) is 0 Å². The minimum absolute atomic E-state index is 0.0362. The van der Waals surface area contributed by atoms with Gasteiger partial charge in [0.15, 0.2) is 0 Å². The zero-order valence-electron chi connectivity index (χ0n) is 15.8. The van der Waals surface area contributed by atoms with E-state index in [1.165, 1.54) is 4.90 Å². The number of carbonyl (C=O) groups excluding carboxylic acids is 1. The highest BCUT2D eigenvalue weighted by molar-refractivity contribution is 6.30. The Balaban J connectivity index is 2.06. The number of oxime groups is 1. The van der Waals surface area contributed by atoms with E-state index in [1.807, 2.05) is 30.3 Å². The monoisotopic (exact) mass is 401 g/mol. The molecule has 0 saturated carbocycles. The van der Waals surface area contributed by atoms with Crippen molar-refractivity contribution in [2.24, 2.45) is 5.16 Å². The highest BCUT2D eigenvalue weighted by atomic mass is 35.5. The molecule has 2 aromatic carbocycles. The summed E-state index contributed by atoms with van der Waals surface area (Å²) < 4.78 is 6.31. The first kappa shape index (κ1) is 20.2. The molecule has 1 atom stereocenters. The highest BCUT2D eigenvalue weighted by Crippen LogP contribution is 2.39. The fourth-order valence-corrected chi connectivity index (χ4v) is 3.49. The van der Waals surface area contributed by atoms with Gasteiger partial charge >= 0.3 is 6.03 Å². The molecule has 0 aliphatic carbocycles. The third kappa shape index (κ3) is 3.84. The standard InChI is InChI=1S/C21H24ClN3O3/c1-2-3-4-8-15-28-21(16-9-6-5-7-10-16)19(24-27)23-20(26)25(21)18-13-11-17(22)12-14-18/h5-7,9-14,27H,2-4,8,15H2,1H3,(H,23,24,26)/t21-/m1/s1. The van der Waals surface area contributed by atoms with Gasteiger partial charge in [0.2, 0.25) is 11.6 Å². The zero-order valence-corrected chi connectivity index (χ0v) is 16.5. The Morgan fingerprint density at radius 1 is 1.11 bits per heavy atom. The van der Waals surface area contributed by atoms with Crippen molar-refractivity contribution in [2.45, 2.75) is 38.3 Å². The molecule has 6 nitrogen and oxygen atoms in total. The van der Waals surface area contributed by atoms with E-state index in [0.29, 0.717) is 22.9 Å². The third-order valence-electron chi connectivity index (χ3n) is 4.72. The van der Waals surface area contributed by atoms with Crippen LogP contribution in [0.15, 0.2) is 59.8 Å². The zero-order chi connectivity index (χ0) is 20.0. The van der Waals surface area contributed by atoms with Crippen molar-refractivity contribution in [1.82, 2.24) is 5.32 Å². The molecule has 1 aliphatic rings. The first-order chi connectivity index (χ1) is 13.6. The Bertz CT molecular complexity index is 827. The van der Waals surface area contributed by atoms with E-state index < -0.39 is 11.8 Å². The summed E-state index contributed by atoms with van der Waals surface area (Å²) >= 11 is 6.02. The van der Waals surface area contributed by atoms with Crippen LogP contribution in [0.5, 0.6) is 0 Å². The van der Waals surface area contributed by atoms with Crippen LogP contribution in [0.1, 0.15) is 38.2 Å². The third-order valence-corrected chi connectivity index (χ3v) is 4.98. The molecule has 0 unspecified atom stereocenters. The van der Waals surface area contributed by atoms with Gasteiger partial charge < -0.3 is 9.94 Å². The summed E-state index contributed by atoms with van der Waals surface area (Å²) in [7, 11) is 0. The van der Waals surface area contributed by atoms with Crippen LogP contribution < -0.4 is 10.2 Å². The van der Waals surface area contributed by atoms with Crippen molar-refractivity contribution < 1.29 is 14.7 Å². The van der Waals surface area contributed by atoms with Gasteiger partial charge in [0.25, 0.3) is 0 Å². The first-order valence-electron chi connectivity index (χ1n) is 9.42. The number of halogens is 1. The average molecular weight is 402 g/mol. The number of nitrogens with zero attached hydrogens (tertiary/aromatic N) is 2. The number of hydrogen-bond acceptors (Lipinski definition) is 4. The minimum Gasteiger partial charge on any atom is -0.409 e. The van der Waals surface area contributed by atoms with Gasteiger partial charge in [-0.1, -0.05) is 73.3 Å². The van der Waals surface area contributed by atoms with Crippen LogP contribution in [-0.4, -0.2) is 23.7 Å². The SMILES string of the molecule is CCCCCCO[C@]1(c2ccccc2)/C(=N/O)NC(=O)N1c1ccc(Cl)cc1. The van der Waals surface area contributed by atoms with Gasteiger partial charge in [-0.3, -0.25) is 10.2 Å². The van der Waals surface area contributed by atoms with Crippen molar-refractivity contribution in [1.29, 1.82) is 0 Å². The number of hydrogen-bond donors (Lipinski definition) is 2. The molecular weight excluding hydrogens is 378 g/mol. The van der Waals surface area contributed by atoms with E-state index in [-0.39, 0.29) is 5.84 Å². The van der Waals surface area contributed by atoms with Crippen molar-refractivity contribution >= 4 is 29.2 Å². The minimum atomic E-state index is -1.38. The van der Waals surface area contributed by atoms with E-state index in [1.54, 1.807) is 24.3 Å². The van der Waals surface area contributed by atoms with Gasteiger partial charge in [-0.25, -0.2) is 4.79 Å². The lowest BCUT2D eigenvalue weighted by atomic mass is 9.99. The fourth-order valence-electron chi connectivity index (χ4n) is 3.37. The number of rotatable bonds is 8. The van der Waals surface area contributed by atoms with Crippen molar-refractivity contribution in [2.75, 3.05) is 11.5 Å². The maximum absolute atomic E-state index is 12.9. The Labute approximate surface area is 169 Å². The van der Waals surface area contributed by atoms with Crippen LogP contribution in [-0.2, 0) is 10.5 Å². The van der Waals surface area contributed by atoms with E-state index in [4.69, 9.17) is 16.3 Å². The number of nitrogens with one attached hydrogen (secondary N) is 1. The molecule has 2 aromatic rings. The molecule has 28 heavy (non-hydrogen) atoms.